The van der Waals surface area contributed by atoms with Crippen molar-refractivity contribution < 1.29 is 61.9 Å². The number of ether oxygens (including phenoxy) is 8. The van der Waals surface area contributed by atoms with E-state index in [4.69, 9.17) is 37.9 Å². The van der Waals surface area contributed by atoms with Crippen LogP contribution < -0.4 is 29.1 Å². The summed E-state index contributed by atoms with van der Waals surface area (Å²) < 4.78 is 45.9. The number of hydrazone groups is 1. The van der Waals surface area contributed by atoms with Crippen molar-refractivity contribution in [3.05, 3.63) is 140 Å². The lowest BCUT2D eigenvalue weighted by Gasteiger charge is -2.15. The number of fused-ring (bicyclic) bond motifs is 1. The van der Waals surface area contributed by atoms with Crippen LogP contribution in [-0.4, -0.2) is 80.7 Å². The molecule has 1 aromatic heterocycles. The molecule has 380 valence electrons. The van der Waals surface area contributed by atoms with Gasteiger partial charge in [0, 0.05) is 23.8 Å². The lowest BCUT2D eigenvalue weighted by Crippen LogP contribution is -2.12. The fraction of sp³-hybridized carbons (Fsp3) is 0.327. The van der Waals surface area contributed by atoms with Crippen LogP contribution in [0.15, 0.2) is 128 Å². The Bertz CT molecular complexity index is 2580. The summed E-state index contributed by atoms with van der Waals surface area (Å²) in [7, 11) is 0. The van der Waals surface area contributed by atoms with E-state index in [2.05, 4.69) is 35.2 Å². The van der Waals surface area contributed by atoms with Crippen LogP contribution >= 0.6 is 11.3 Å². The Morgan fingerprint density at radius 2 is 1.01 bits per heavy atom. The number of esters is 5. The van der Waals surface area contributed by atoms with Crippen molar-refractivity contribution in [3.8, 4) is 28.7 Å². The zero-order chi connectivity index (χ0) is 51.2. The Morgan fingerprint density at radius 1 is 0.514 bits per heavy atom. The summed E-state index contributed by atoms with van der Waals surface area (Å²) in [5.74, 6) is -0.900. The third-order valence-corrected chi connectivity index (χ3v) is 11.4. The van der Waals surface area contributed by atoms with E-state index in [0.717, 1.165) is 92.7 Å². The molecule has 16 nitrogen and oxygen atoms in total. The fourth-order valence-electron chi connectivity index (χ4n) is 6.66. The number of carbonyl (C=O) groups excluding carboxylic acids is 5. The molecule has 0 fully saturated rings. The molecular weight excluding hydrogens is 943 g/mol. The topological polar surface area (TPSA) is 196 Å². The highest BCUT2D eigenvalue weighted by atomic mass is 32.1. The van der Waals surface area contributed by atoms with Crippen LogP contribution in [0.3, 0.4) is 0 Å². The Balaban J connectivity index is 1.24. The van der Waals surface area contributed by atoms with E-state index in [0.29, 0.717) is 86.0 Å². The van der Waals surface area contributed by atoms with Crippen molar-refractivity contribution in [2.75, 3.05) is 45.1 Å². The minimum Gasteiger partial charge on any atom is -0.494 e. The molecule has 72 heavy (non-hydrogen) atoms. The number of benzene rings is 4. The number of aromatic nitrogens is 1. The molecule has 5 aromatic rings. The monoisotopic (exact) mass is 1000 g/mol. The van der Waals surface area contributed by atoms with Gasteiger partial charge in [0.25, 0.3) is 0 Å². The molecule has 0 unspecified atom stereocenters. The highest BCUT2D eigenvalue weighted by Gasteiger charge is 2.18. The van der Waals surface area contributed by atoms with Gasteiger partial charge < -0.3 is 37.9 Å². The van der Waals surface area contributed by atoms with Gasteiger partial charge in [-0.05, 0) is 150 Å². The predicted molar refractivity (Wildman–Crippen MR) is 275 cm³/mol. The van der Waals surface area contributed by atoms with E-state index in [-0.39, 0.29) is 17.1 Å². The molecule has 0 aliphatic carbocycles. The van der Waals surface area contributed by atoms with Gasteiger partial charge in [-0.25, -0.2) is 29.0 Å². The normalized spacial score (nSPS) is 10.8. The molecule has 0 saturated heterocycles. The quantitative estimate of drug-likeness (QED) is 0.00776. The van der Waals surface area contributed by atoms with E-state index in [1.807, 2.05) is 24.3 Å². The first-order valence-electron chi connectivity index (χ1n) is 23.9. The summed E-state index contributed by atoms with van der Waals surface area (Å²) in [5, 5.41) is 4.93. The molecule has 0 spiro atoms. The highest BCUT2D eigenvalue weighted by molar-refractivity contribution is 7.22. The Hall–Kier alpha value is -7.79. The van der Waals surface area contributed by atoms with Gasteiger partial charge in [-0.3, -0.25) is 5.43 Å². The fourth-order valence-corrected chi connectivity index (χ4v) is 7.48. The van der Waals surface area contributed by atoms with Crippen LogP contribution in [0, 0.1) is 0 Å². The minimum atomic E-state index is -0.690. The first-order valence-corrected chi connectivity index (χ1v) is 24.7. The van der Waals surface area contributed by atoms with Crippen LogP contribution in [0.2, 0.25) is 0 Å². The number of hydrogen-bond donors (Lipinski definition) is 1. The van der Waals surface area contributed by atoms with Gasteiger partial charge in [-0.15, -0.1) is 0 Å². The molecule has 0 aliphatic rings. The van der Waals surface area contributed by atoms with Crippen LogP contribution in [0.5, 0.6) is 28.7 Å². The molecule has 17 heteroatoms. The maximum atomic E-state index is 13.9. The predicted octanol–water partition coefficient (Wildman–Crippen LogP) is 11.2. The first-order chi connectivity index (χ1) is 35.1. The summed E-state index contributed by atoms with van der Waals surface area (Å²) in [6.45, 7) is 12.4. The standard InChI is InChI=1S/C55H61N3O13S/c1-4-50(59)67-34-18-10-7-15-31-64-43-26-23-40(24-27-43)53(62)70-44-28-30-46(42(37-44)39-56-58-55-57-45-21-13-14-22-49(45)72-55)71-54(63)41-25-29-47(65-32-16-8-11-19-35-68-51(60)5-2)48(38-41)66-33-17-9-12-20-36-69-52(61)6-3/h4-6,13-14,21-30,37-39H,1-3,7-12,15-20,31-36H2,(H,57,58)/b56-39+. The summed E-state index contributed by atoms with van der Waals surface area (Å²) in [6, 6.07) is 23.7. The molecule has 5 rings (SSSR count). The van der Waals surface area contributed by atoms with Gasteiger partial charge in [-0.1, -0.05) is 43.2 Å². The van der Waals surface area contributed by atoms with Crippen molar-refractivity contribution in [3.63, 3.8) is 0 Å². The zero-order valence-electron chi connectivity index (χ0n) is 40.4. The van der Waals surface area contributed by atoms with Crippen molar-refractivity contribution in [2.24, 2.45) is 5.10 Å². The average molecular weight is 1000 g/mol. The number of carbonyl (C=O) groups is 5. The minimum absolute atomic E-state index is 0.133. The summed E-state index contributed by atoms with van der Waals surface area (Å²) >= 11 is 1.42. The van der Waals surface area contributed by atoms with Crippen LogP contribution in [0.1, 0.15) is 103 Å². The number of anilines is 1. The molecule has 1 heterocycles. The highest BCUT2D eigenvalue weighted by Crippen LogP contribution is 2.31. The Kier molecular flexibility index (Phi) is 24.1. The van der Waals surface area contributed by atoms with Gasteiger partial charge >= 0.3 is 29.8 Å². The molecule has 0 atom stereocenters. The van der Waals surface area contributed by atoms with Crippen molar-refractivity contribution in [2.45, 2.75) is 77.0 Å². The SMILES string of the molecule is C=CC(=O)OCCCCCCOc1ccc(C(=O)Oc2ccc(OC(=O)c3ccc(OCCCCCCOC(=O)C=C)c(OCCCCCCOC(=O)C=C)c3)c(/C=N/Nc3nc4ccccc4s3)c2)cc1. The lowest BCUT2D eigenvalue weighted by molar-refractivity contribution is -0.138. The van der Waals surface area contributed by atoms with Crippen LogP contribution in [0.4, 0.5) is 5.13 Å². The maximum absolute atomic E-state index is 13.9. The molecule has 0 saturated carbocycles. The van der Waals surface area contributed by atoms with Crippen LogP contribution in [0.25, 0.3) is 10.2 Å². The van der Waals surface area contributed by atoms with Gasteiger partial charge in [-0.2, -0.15) is 5.10 Å². The largest absolute Gasteiger partial charge is 0.494 e. The molecule has 0 aliphatic heterocycles. The number of nitrogens with zero attached hydrogens (tertiary/aromatic N) is 2. The third-order valence-electron chi connectivity index (χ3n) is 10.5. The van der Waals surface area contributed by atoms with E-state index in [1.165, 1.54) is 35.8 Å². The molecule has 1 N–H and O–H groups in total. The van der Waals surface area contributed by atoms with Gasteiger partial charge in [0.05, 0.1) is 67.2 Å². The second-order valence-electron chi connectivity index (χ2n) is 15.9. The number of rotatable bonds is 34. The van der Waals surface area contributed by atoms with Gasteiger partial charge in [0.15, 0.2) is 11.5 Å². The number of nitrogens with one attached hydrogen (secondary N) is 1. The molecular formula is C55H61N3O13S. The molecule has 0 amide bonds. The van der Waals surface area contributed by atoms with Crippen molar-refractivity contribution in [1.82, 2.24) is 4.98 Å². The van der Waals surface area contributed by atoms with Gasteiger partial charge in [0.2, 0.25) is 5.13 Å². The number of para-hydroxylation sites is 1. The third kappa shape index (κ3) is 19.9. The summed E-state index contributed by atoms with van der Waals surface area (Å²) in [4.78, 5) is 65.6. The summed E-state index contributed by atoms with van der Waals surface area (Å²) in [6.07, 6.45) is 14.4. The number of thiazole rings is 1. The van der Waals surface area contributed by atoms with E-state index in [1.54, 1.807) is 42.5 Å². The van der Waals surface area contributed by atoms with E-state index in [9.17, 15) is 24.0 Å². The molecule has 0 bridgehead atoms. The second kappa shape index (κ2) is 31.4. The average Bonchev–Trinajstić information content (AvgIpc) is 3.82. The van der Waals surface area contributed by atoms with Crippen molar-refractivity contribution >= 4 is 62.7 Å². The van der Waals surface area contributed by atoms with E-state index < -0.39 is 29.8 Å². The number of hydrogen-bond acceptors (Lipinski definition) is 17. The first kappa shape index (κ1) is 55.1. The second-order valence-corrected chi connectivity index (χ2v) is 17.0. The molecule has 0 radical (unpaired) electrons. The van der Waals surface area contributed by atoms with Crippen molar-refractivity contribution in [1.29, 1.82) is 0 Å². The Morgan fingerprint density at radius 3 is 1.60 bits per heavy atom. The maximum Gasteiger partial charge on any atom is 0.343 e. The Labute approximate surface area is 423 Å². The zero-order valence-corrected chi connectivity index (χ0v) is 41.2. The van der Waals surface area contributed by atoms with Gasteiger partial charge in [0.1, 0.15) is 17.2 Å². The summed E-state index contributed by atoms with van der Waals surface area (Å²) in [5.41, 5.74) is 4.56. The smallest absolute Gasteiger partial charge is 0.343 e. The molecule has 4 aromatic carbocycles. The van der Waals surface area contributed by atoms with Crippen LogP contribution in [-0.2, 0) is 28.6 Å². The van der Waals surface area contributed by atoms with E-state index >= 15 is 0 Å². The number of unbranched alkanes of at least 4 members (excludes halogenated alkanes) is 9. The lowest BCUT2D eigenvalue weighted by atomic mass is 10.1.